The van der Waals surface area contributed by atoms with E-state index < -0.39 is 0 Å². The van der Waals surface area contributed by atoms with Crippen LogP contribution in [-0.2, 0) is 6.54 Å². The molecule has 0 fully saturated rings. The number of hydrogen-bond donors (Lipinski definition) is 2. The molecule has 0 aromatic carbocycles. The number of rotatable bonds is 4. The SMILES string of the molecule is Cc1nc2scc(C)n2c1CNC(C)c1ncn[nH]1. The first-order valence-electron chi connectivity index (χ1n) is 6.17. The Morgan fingerprint density at radius 3 is 3.05 bits per heavy atom. The molecule has 0 saturated heterocycles. The second-order valence-corrected chi connectivity index (χ2v) is 5.45. The highest BCUT2D eigenvalue weighted by atomic mass is 32.1. The van der Waals surface area contributed by atoms with E-state index in [4.69, 9.17) is 0 Å². The molecular formula is C12H16N6S. The van der Waals surface area contributed by atoms with Gasteiger partial charge in [-0.3, -0.25) is 9.50 Å². The number of fused-ring (bicyclic) bond motifs is 1. The molecule has 0 aliphatic rings. The van der Waals surface area contributed by atoms with Crippen LogP contribution < -0.4 is 5.32 Å². The molecule has 3 heterocycles. The van der Waals surface area contributed by atoms with Gasteiger partial charge in [-0.05, 0) is 20.8 Å². The largest absolute Gasteiger partial charge is 0.302 e. The van der Waals surface area contributed by atoms with Gasteiger partial charge in [0.1, 0.15) is 12.2 Å². The second-order valence-electron chi connectivity index (χ2n) is 4.61. The standard InChI is InChI=1S/C12H16N6S/c1-7-5-19-12-16-8(2)10(18(7)12)4-13-9(3)11-14-6-15-17-11/h5-6,9,13H,4H2,1-3H3,(H,14,15,17). The highest BCUT2D eigenvalue weighted by molar-refractivity contribution is 7.15. The van der Waals surface area contributed by atoms with E-state index in [2.05, 4.69) is 56.0 Å². The Kier molecular flexibility index (Phi) is 3.08. The van der Waals surface area contributed by atoms with Crippen molar-refractivity contribution in [3.63, 3.8) is 0 Å². The van der Waals surface area contributed by atoms with Crippen molar-refractivity contribution in [1.29, 1.82) is 0 Å². The van der Waals surface area contributed by atoms with E-state index in [0.717, 1.165) is 23.0 Å². The van der Waals surface area contributed by atoms with Crippen LogP contribution in [0.15, 0.2) is 11.7 Å². The van der Waals surface area contributed by atoms with Gasteiger partial charge in [0.15, 0.2) is 4.96 Å². The van der Waals surface area contributed by atoms with Crippen LogP contribution in [0.1, 0.15) is 35.9 Å². The predicted molar refractivity (Wildman–Crippen MR) is 74.2 cm³/mol. The third-order valence-corrected chi connectivity index (χ3v) is 4.19. The van der Waals surface area contributed by atoms with Crippen molar-refractivity contribution in [1.82, 2.24) is 29.9 Å². The van der Waals surface area contributed by atoms with Crippen LogP contribution in [-0.4, -0.2) is 24.6 Å². The summed E-state index contributed by atoms with van der Waals surface area (Å²) in [6.45, 7) is 6.98. The molecule has 19 heavy (non-hydrogen) atoms. The highest BCUT2D eigenvalue weighted by Crippen LogP contribution is 2.20. The molecule has 3 aromatic heterocycles. The zero-order valence-corrected chi connectivity index (χ0v) is 12.0. The van der Waals surface area contributed by atoms with Gasteiger partial charge >= 0.3 is 0 Å². The lowest BCUT2D eigenvalue weighted by atomic mass is 10.3. The number of aromatic amines is 1. The van der Waals surface area contributed by atoms with E-state index in [1.54, 1.807) is 11.3 Å². The highest BCUT2D eigenvalue weighted by Gasteiger charge is 2.14. The summed E-state index contributed by atoms with van der Waals surface area (Å²) in [5, 5.41) is 12.3. The third kappa shape index (κ3) is 2.15. The van der Waals surface area contributed by atoms with Crippen molar-refractivity contribution in [2.75, 3.05) is 0 Å². The van der Waals surface area contributed by atoms with Crippen LogP contribution in [0, 0.1) is 13.8 Å². The lowest BCUT2D eigenvalue weighted by molar-refractivity contribution is 0.539. The zero-order valence-electron chi connectivity index (χ0n) is 11.1. The number of nitrogens with one attached hydrogen (secondary N) is 2. The minimum absolute atomic E-state index is 0.131. The lowest BCUT2D eigenvalue weighted by Crippen LogP contribution is -2.20. The van der Waals surface area contributed by atoms with Crippen molar-refractivity contribution in [2.45, 2.75) is 33.4 Å². The predicted octanol–water partition coefficient (Wildman–Crippen LogP) is 1.98. The molecule has 2 N–H and O–H groups in total. The molecule has 0 aliphatic heterocycles. The van der Waals surface area contributed by atoms with Gasteiger partial charge in [0.2, 0.25) is 0 Å². The van der Waals surface area contributed by atoms with Crippen LogP contribution in [0.4, 0.5) is 0 Å². The number of H-pyrrole nitrogens is 1. The first-order valence-corrected chi connectivity index (χ1v) is 7.05. The molecule has 0 radical (unpaired) electrons. The Bertz CT molecular complexity index is 681. The quantitative estimate of drug-likeness (QED) is 0.764. The molecule has 0 spiro atoms. The van der Waals surface area contributed by atoms with Gasteiger partial charge in [0, 0.05) is 17.6 Å². The third-order valence-electron chi connectivity index (χ3n) is 3.25. The summed E-state index contributed by atoms with van der Waals surface area (Å²) in [4.78, 5) is 9.79. The fraction of sp³-hybridized carbons (Fsp3) is 0.417. The summed E-state index contributed by atoms with van der Waals surface area (Å²) in [7, 11) is 0. The molecule has 1 atom stereocenters. The van der Waals surface area contributed by atoms with Crippen molar-refractivity contribution in [3.05, 3.63) is 34.6 Å². The van der Waals surface area contributed by atoms with Gasteiger partial charge in [0.25, 0.3) is 0 Å². The average molecular weight is 276 g/mol. The van der Waals surface area contributed by atoms with Gasteiger partial charge in [0.05, 0.1) is 17.4 Å². The number of nitrogens with zero attached hydrogens (tertiary/aromatic N) is 4. The summed E-state index contributed by atoms with van der Waals surface area (Å²) in [6, 6.07) is 0.131. The minimum atomic E-state index is 0.131. The maximum atomic E-state index is 4.58. The summed E-state index contributed by atoms with van der Waals surface area (Å²) >= 11 is 1.68. The van der Waals surface area contributed by atoms with Crippen LogP contribution >= 0.6 is 11.3 Å². The van der Waals surface area contributed by atoms with Crippen LogP contribution in [0.2, 0.25) is 0 Å². The molecule has 3 aromatic rings. The molecule has 0 aliphatic carbocycles. The lowest BCUT2D eigenvalue weighted by Gasteiger charge is -2.11. The van der Waals surface area contributed by atoms with E-state index >= 15 is 0 Å². The molecule has 100 valence electrons. The maximum Gasteiger partial charge on any atom is 0.194 e. The Balaban J connectivity index is 1.82. The molecule has 7 heteroatoms. The van der Waals surface area contributed by atoms with Crippen LogP contribution in [0.3, 0.4) is 0 Å². The van der Waals surface area contributed by atoms with Crippen LogP contribution in [0.5, 0.6) is 0 Å². The second kappa shape index (κ2) is 4.75. The Morgan fingerprint density at radius 2 is 2.32 bits per heavy atom. The first-order chi connectivity index (χ1) is 9.16. The molecular weight excluding hydrogens is 260 g/mol. The van der Waals surface area contributed by atoms with Crippen LogP contribution in [0.25, 0.3) is 4.96 Å². The maximum absolute atomic E-state index is 4.58. The number of imidazole rings is 1. The molecule has 3 rings (SSSR count). The summed E-state index contributed by atoms with van der Waals surface area (Å²) in [5.41, 5.74) is 3.51. The Morgan fingerprint density at radius 1 is 1.47 bits per heavy atom. The van der Waals surface area contributed by atoms with Crippen molar-refractivity contribution in [2.24, 2.45) is 0 Å². The normalized spacial score (nSPS) is 13.2. The molecule has 0 bridgehead atoms. The Labute approximate surface area is 114 Å². The van der Waals surface area contributed by atoms with Crippen molar-refractivity contribution in [3.8, 4) is 0 Å². The van der Waals surface area contributed by atoms with E-state index in [-0.39, 0.29) is 6.04 Å². The van der Waals surface area contributed by atoms with Gasteiger partial charge in [-0.1, -0.05) is 0 Å². The number of aryl methyl sites for hydroxylation is 2. The van der Waals surface area contributed by atoms with Gasteiger partial charge in [-0.25, -0.2) is 9.97 Å². The van der Waals surface area contributed by atoms with Crippen molar-refractivity contribution < 1.29 is 0 Å². The van der Waals surface area contributed by atoms with Gasteiger partial charge in [-0.15, -0.1) is 11.3 Å². The number of hydrogen-bond acceptors (Lipinski definition) is 5. The smallest absolute Gasteiger partial charge is 0.194 e. The first kappa shape index (κ1) is 12.3. The fourth-order valence-electron chi connectivity index (χ4n) is 2.15. The fourth-order valence-corrected chi connectivity index (χ4v) is 3.08. The molecule has 0 amide bonds. The average Bonchev–Trinajstić information content (AvgIpc) is 3.07. The van der Waals surface area contributed by atoms with E-state index in [1.807, 2.05) is 0 Å². The molecule has 6 nitrogen and oxygen atoms in total. The molecule has 1 unspecified atom stereocenters. The summed E-state index contributed by atoms with van der Waals surface area (Å²) < 4.78 is 2.21. The summed E-state index contributed by atoms with van der Waals surface area (Å²) in [5.74, 6) is 0.848. The monoisotopic (exact) mass is 276 g/mol. The summed E-state index contributed by atoms with van der Waals surface area (Å²) in [6.07, 6.45) is 1.53. The minimum Gasteiger partial charge on any atom is -0.302 e. The topological polar surface area (TPSA) is 70.9 Å². The Hall–Kier alpha value is -1.73. The van der Waals surface area contributed by atoms with Gasteiger partial charge in [-0.2, -0.15) is 5.10 Å². The number of aromatic nitrogens is 5. The van der Waals surface area contributed by atoms with Gasteiger partial charge < -0.3 is 5.32 Å². The molecule has 0 saturated carbocycles. The number of thiazole rings is 1. The van der Waals surface area contributed by atoms with E-state index in [1.165, 1.54) is 17.7 Å². The van der Waals surface area contributed by atoms with Crippen molar-refractivity contribution >= 4 is 16.3 Å². The van der Waals surface area contributed by atoms with E-state index in [9.17, 15) is 0 Å². The zero-order chi connectivity index (χ0) is 13.4. The van der Waals surface area contributed by atoms with E-state index in [0.29, 0.717) is 0 Å².